The minimum atomic E-state index is 1.14. The summed E-state index contributed by atoms with van der Waals surface area (Å²) in [5.74, 6) is 0. The molecular weight excluding hydrogens is 194 g/mol. The van der Waals surface area contributed by atoms with E-state index in [1.165, 1.54) is 50.0 Å². The van der Waals surface area contributed by atoms with Crippen molar-refractivity contribution in [1.29, 1.82) is 0 Å². The summed E-state index contributed by atoms with van der Waals surface area (Å²) in [4.78, 5) is 2.56. The molecule has 0 amide bonds. The molecule has 1 saturated heterocycles. The van der Waals surface area contributed by atoms with Gasteiger partial charge in [0, 0.05) is 6.54 Å². The van der Waals surface area contributed by atoms with E-state index in [1.807, 2.05) is 0 Å². The molecule has 0 aliphatic carbocycles. The molecule has 86 valence electrons. The lowest BCUT2D eigenvalue weighted by Crippen LogP contribution is -2.21. The first-order valence-corrected chi connectivity index (χ1v) is 6.23. The van der Waals surface area contributed by atoms with Gasteiger partial charge in [0.2, 0.25) is 0 Å². The van der Waals surface area contributed by atoms with Gasteiger partial charge in [0.1, 0.15) is 0 Å². The molecule has 0 N–H and O–H groups in total. The number of benzene rings is 1. The largest absolute Gasteiger partial charge is 0.303 e. The smallest absolute Gasteiger partial charge is 0.00218 e. The average molecular weight is 215 g/mol. The normalized spacial score (nSPS) is 16.6. The Bertz CT molecular complexity index is 344. The zero-order valence-electron chi connectivity index (χ0n) is 10.2. The molecule has 1 aliphatic rings. The van der Waals surface area contributed by atoms with E-state index in [1.54, 1.807) is 0 Å². The molecule has 0 spiro atoms. The molecular formula is C15H21N. The van der Waals surface area contributed by atoms with Gasteiger partial charge in [0.25, 0.3) is 0 Å². The predicted molar refractivity (Wildman–Crippen MR) is 70.5 cm³/mol. The van der Waals surface area contributed by atoms with Crippen LogP contribution in [-0.4, -0.2) is 24.5 Å². The highest BCUT2D eigenvalue weighted by atomic mass is 15.1. The molecule has 1 nitrogen and oxygen atoms in total. The van der Waals surface area contributed by atoms with Gasteiger partial charge in [-0.1, -0.05) is 36.4 Å². The zero-order valence-corrected chi connectivity index (χ0v) is 10.2. The molecule has 0 unspecified atom stereocenters. The maximum Gasteiger partial charge on any atom is 0.00218 e. The first-order chi connectivity index (χ1) is 7.75. The molecule has 16 heavy (non-hydrogen) atoms. The highest BCUT2D eigenvalue weighted by Crippen LogP contribution is 2.14. The Labute approximate surface area is 98.8 Å². The SMILES string of the molecule is C=C(C)c1ccc(CCN2CCCC2)cc1. The summed E-state index contributed by atoms with van der Waals surface area (Å²) in [6.45, 7) is 9.82. The van der Waals surface area contributed by atoms with E-state index in [0.717, 1.165) is 5.57 Å². The molecule has 1 aliphatic heterocycles. The van der Waals surface area contributed by atoms with Gasteiger partial charge in [-0.2, -0.15) is 0 Å². The second kappa shape index (κ2) is 5.31. The molecule has 0 atom stereocenters. The molecule has 1 fully saturated rings. The summed E-state index contributed by atoms with van der Waals surface area (Å²) in [5.41, 5.74) is 3.84. The van der Waals surface area contributed by atoms with Crippen LogP contribution in [0.4, 0.5) is 0 Å². The van der Waals surface area contributed by atoms with Gasteiger partial charge in [0.05, 0.1) is 0 Å². The van der Waals surface area contributed by atoms with Crippen LogP contribution in [0.3, 0.4) is 0 Å². The maximum atomic E-state index is 3.96. The Balaban J connectivity index is 1.87. The number of rotatable bonds is 4. The van der Waals surface area contributed by atoms with Gasteiger partial charge in [-0.3, -0.25) is 0 Å². The summed E-state index contributed by atoms with van der Waals surface area (Å²) in [7, 11) is 0. The van der Waals surface area contributed by atoms with Crippen molar-refractivity contribution >= 4 is 5.57 Å². The average Bonchev–Trinajstić information content (AvgIpc) is 2.80. The molecule has 0 radical (unpaired) electrons. The highest BCUT2D eigenvalue weighted by Gasteiger charge is 2.10. The summed E-state index contributed by atoms with van der Waals surface area (Å²) in [6, 6.07) is 8.84. The van der Waals surface area contributed by atoms with Gasteiger partial charge in [-0.15, -0.1) is 0 Å². The second-order valence-corrected chi connectivity index (χ2v) is 4.78. The van der Waals surface area contributed by atoms with Crippen LogP contribution in [0.5, 0.6) is 0 Å². The van der Waals surface area contributed by atoms with Crippen molar-refractivity contribution in [2.24, 2.45) is 0 Å². The molecule has 1 heterocycles. The van der Waals surface area contributed by atoms with Crippen molar-refractivity contribution in [3.8, 4) is 0 Å². The number of allylic oxidation sites excluding steroid dienone is 1. The van der Waals surface area contributed by atoms with Crippen LogP contribution in [0.25, 0.3) is 5.57 Å². The molecule has 2 rings (SSSR count). The van der Waals surface area contributed by atoms with Crippen LogP contribution in [-0.2, 0) is 6.42 Å². The molecule has 1 heteroatoms. The second-order valence-electron chi connectivity index (χ2n) is 4.78. The van der Waals surface area contributed by atoms with Crippen molar-refractivity contribution in [3.63, 3.8) is 0 Å². The van der Waals surface area contributed by atoms with Gasteiger partial charge < -0.3 is 4.90 Å². The molecule has 1 aromatic rings. The van der Waals surface area contributed by atoms with E-state index in [9.17, 15) is 0 Å². The zero-order chi connectivity index (χ0) is 11.4. The molecule has 1 aromatic carbocycles. The molecule has 0 saturated carbocycles. The standard InChI is InChI=1S/C15H21N/c1-13(2)15-7-5-14(6-8-15)9-12-16-10-3-4-11-16/h5-8H,1,3-4,9-12H2,2H3. The van der Waals surface area contributed by atoms with Crippen molar-refractivity contribution in [1.82, 2.24) is 4.90 Å². The fourth-order valence-corrected chi connectivity index (χ4v) is 2.25. The lowest BCUT2D eigenvalue weighted by molar-refractivity contribution is 0.343. The predicted octanol–water partition coefficient (Wildman–Crippen LogP) is 3.36. The van der Waals surface area contributed by atoms with Gasteiger partial charge in [-0.25, -0.2) is 0 Å². The van der Waals surface area contributed by atoms with E-state index in [4.69, 9.17) is 0 Å². The van der Waals surface area contributed by atoms with E-state index < -0.39 is 0 Å². The van der Waals surface area contributed by atoms with Crippen molar-refractivity contribution < 1.29 is 0 Å². The van der Waals surface area contributed by atoms with Crippen LogP contribution in [0, 0.1) is 0 Å². The van der Waals surface area contributed by atoms with Crippen molar-refractivity contribution in [2.45, 2.75) is 26.2 Å². The number of hydrogen-bond donors (Lipinski definition) is 0. The Morgan fingerprint density at radius 3 is 2.38 bits per heavy atom. The van der Waals surface area contributed by atoms with Gasteiger partial charge in [-0.05, 0) is 50.4 Å². The monoisotopic (exact) mass is 215 g/mol. The number of hydrogen-bond acceptors (Lipinski definition) is 1. The minimum absolute atomic E-state index is 1.14. The Morgan fingerprint density at radius 1 is 1.19 bits per heavy atom. The van der Waals surface area contributed by atoms with E-state index in [0.29, 0.717) is 0 Å². The first kappa shape index (κ1) is 11.4. The van der Waals surface area contributed by atoms with Gasteiger partial charge in [0.15, 0.2) is 0 Å². The van der Waals surface area contributed by atoms with Crippen LogP contribution >= 0.6 is 0 Å². The number of likely N-dealkylation sites (tertiary alicyclic amines) is 1. The third kappa shape index (κ3) is 2.96. The first-order valence-electron chi connectivity index (χ1n) is 6.23. The van der Waals surface area contributed by atoms with Crippen molar-refractivity contribution in [3.05, 3.63) is 42.0 Å². The van der Waals surface area contributed by atoms with Crippen LogP contribution in [0.2, 0.25) is 0 Å². The summed E-state index contributed by atoms with van der Waals surface area (Å²) in [6.07, 6.45) is 3.94. The van der Waals surface area contributed by atoms with Crippen LogP contribution < -0.4 is 0 Å². The Morgan fingerprint density at radius 2 is 1.81 bits per heavy atom. The van der Waals surface area contributed by atoms with Crippen LogP contribution in [0.1, 0.15) is 30.9 Å². The lowest BCUT2D eigenvalue weighted by atomic mass is 10.1. The minimum Gasteiger partial charge on any atom is -0.303 e. The quantitative estimate of drug-likeness (QED) is 0.744. The summed E-state index contributed by atoms with van der Waals surface area (Å²) >= 11 is 0. The number of nitrogens with zero attached hydrogens (tertiary/aromatic N) is 1. The lowest BCUT2D eigenvalue weighted by Gasteiger charge is -2.14. The summed E-state index contributed by atoms with van der Waals surface area (Å²) in [5, 5.41) is 0. The van der Waals surface area contributed by atoms with E-state index >= 15 is 0 Å². The molecule has 0 aromatic heterocycles. The third-order valence-corrected chi connectivity index (χ3v) is 3.36. The maximum absolute atomic E-state index is 3.96. The summed E-state index contributed by atoms with van der Waals surface area (Å²) < 4.78 is 0. The highest BCUT2D eigenvalue weighted by molar-refractivity contribution is 5.61. The fraction of sp³-hybridized carbons (Fsp3) is 0.467. The van der Waals surface area contributed by atoms with Crippen LogP contribution in [0.15, 0.2) is 30.8 Å². The molecule has 0 bridgehead atoms. The Hall–Kier alpha value is -1.08. The van der Waals surface area contributed by atoms with Gasteiger partial charge >= 0.3 is 0 Å². The Kier molecular flexibility index (Phi) is 3.79. The van der Waals surface area contributed by atoms with E-state index in [2.05, 4.69) is 42.7 Å². The third-order valence-electron chi connectivity index (χ3n) is 3.36. The van der Waals surface area contributed by atoms with Crippen molar-refractivity contribution in [2.75, 3.05) is 19.6 Å². The topological polar surface area (TPSA) is 3.24 Å². The fourth-order valence-electron chi connectivity index (χ4n) is 2.25. The van der Waals surface area contributed by atoms with E-state index in [-0.39, 0.29) is 0 Å².